The topological polar surface area (TPSA) is 60.3 Å². The monoisotopic (exact) mass is 382 g/mol. The third-order valence-corrected chi connectivity index (χ3v) is 5.20. The molecule has 3 aromatic rings. The highest BCUT2D eigenvalue weighted by molar-refractivity contribution is 6.35. The Kier molecular flexibility index (Phi) is 4.19. The fraction of sp³-hybridized carbons (Fsp3) is 0.238. The molecule has 1 aliphatic rings. The van der Waals surface area contributed by atoms with Gasteiger partial charge in [0.15, 0.2) is 0 Å². The summed E-state index contributed by atoms with van der Waals surface area (Å²) in [5, 5.41) is 3.52. The van der Waals surface area contributed by atoms with E-state index in [2.05, 4.69) is 5.32 Å². The molecule has 2 heterocycles. The molecule has 1 aromatic heterocycles. The number of hydrogen-bond acceptors (Lipinski definition) is 3. The second kappa shape index (κ2) is 6.43. The molecule has 0 unspecified atom stereocenters. The van der Waals surface area contributed by atoms with Gasteiger partial charge in [0.1, 0.15) is 17.4 Å². The largest absolute Gasteiger partial charge is 0.487 e. The number of carbonyl (C=O) groups excluding carboxylic acids is 1. The number of aryl methyl sites for hydroxylation is 2. The Morgan fingerprint density at radius 1 is 1.22 bits per heavy atom. The van der Waals surface area contributed by atoms with Crippen molar-refractivity contribution in [2.24, 2.45) is 0 Å². The van der Waals surface area contributed by atoms with Crippen LogP contribution in [0, 0.1) is 13.8 Å². The second-order valence-electron chi connectivity index (χ2n) is 6.94. The number of halogens is 1. The van der Waals surface area contributed by atoms with Crippen LogP contribution in [0.3, 0.4) is 0 Å². The highest BCUT2D eigenvalue weighted by Gasteiger charge is 2.25. The van der Waals surface area contributed by atoms with Gasteiger partial charge in [-0.25, -0.2) is 0 Å². The first-order chi connectivity index (χ1) is 12.9. The van der Waals surface area contributed by atoms with E-state index in [0.717, 1.165) is 16.8 Å². The summed E-state index contributed by atoms with van der Waals surface area (Å²) in [4.78, 5) is 26.0. The van der Waals surface area contributed by atoms with Crippen LogP contribution in [0.4, 0.5) is 5.69 Å². The number of rotatable bonds is 2. The van der Waals surface area contributed by atoms with Gasteiger partial charge in [0.2, 0.25) is 5.43 Å². The lowest BCUT2D eigenvalue weighted by atomic mass is 10.1. The van der Waals surface area contributed by atoms with Crippen LogP contribution in [0.2, 0.25) is 5.02 Å². The highest BCUT2D eigenvalue weighted by Crippen LogP contribution is 2.33. The average molecular weight is 383 g/mol. The number of amides is 1. The van der Waals surface area contributed by atoms with E-state index in [-0.39, 0.29) is 11.7 Å². The van der Waals surface area contributed by atoms with E-state index in [4.69, 9.17) is 16.3 Å². The minimum atomic E-state index is -0.441. The molecule has 0 spiro atoms. The van der Waals surface area contributed by atoms with Crippen LogP contribution in [-0.2, 0) is 6.54 Å². The van der Waals surface area contributed by atoms with Crippen molar-refractivity contribution in [2.75, 3.05) is 5.32 Å². The lowest BCUT2D eigenvalue weighted by Gasteiger charge is -2.26. The fourth-order valence-corrected chi connectivity index (χ4v) is 3.82. The van der Waals surface area contributed by atoms with Crippen molar-refractivity contribution < 1.29 is 9.53 Å². The van der Waals surface area contributed by atoms with Crippen molar-refractivity contribution in [1.29, 1.82) is 0 Å². The molecule has 6 heteroatoms. The van der Waals surface area contributed by atoms with Crippen molar-refractivity contribution in [1.82, 2.24) is 4.57 Å². The number of hydrogen-bond donors (Lipinski definition) is 1. The summed E-state index contributed by atoms with van der Waals surface area (Å²) in [5.74, 6) is 0.163. The lowest BCUT2D eigenvalue weighted by molar-refractivity contribution is 0.102. The third-order valence-electron chi connectivity index (χ3n) is 4.88. The van der Waals surface area contributed by atoms with Crippen LogP contribution in [0.1, 0.15) is 28.4 Å². The number of ether oxygens (including phenoxy) is 1. The lowest BCUT2D eigenvalue weighted by Crippen LogP contribution is -2.30. The van der Waals surface area contributed by atoms with Gasteiger partial charge in [-0.3, -0.25) is 9.59 Å². The number of benzene rings is 2. The molecule has 1 atom stereocenters. The highest BCUT2D eigenvalue weighted by atomic mass is 35.5. The predicted octanol–water partition coefficient (Wildman–Crippen LogP) is 4.30. The zero-order valence-electron chi connectivity index (χ0n) is 15.3. The average Bonchev–Trinajstić information content (AvgIpc) is 2.62. The molecule has 0 radical (unpaired) electrons. The van der Waals surface area contributed by atoms with Gasteiger partial charge in [-0.1, -0.05) is 29.8 Å². The number of nitrogens with one attached hydrogen (secondary N) is 1. The molecule has 0 saturated heterocycles. The van der Waals surface area contributed by atoms with E-state index >= 15 is 0 Å². The Morgan fingerprint density at radius 2 is 1.93 bits per heavy atom. The molecule has 2 aromatic carbocycles. The van der Waals surface area contributed by atoms with E-state index in [1.165, 1.54) is 0 Å². The van der Waals surface area contributed by atoms with Gasteiger partial charge in [-0.15, -0.1) is 0 Å². The van der Waals surface area contributed by atoms with Crippen molar-refractivity contribution in [2.45, 2.75) is 33.4 Å². The van der Waals surface area contributed by atoms with Gasteiger partial charge in [0.25, 0.3) is 5.91 Å². The van der Waals surface area contributed by atoms with E-state index in [0.29, 0.717) is 28.2 Å². The Labute approximate surface area is 161 Å². The third kappa shape index (κ3) is 2.88. The Hall–Kier alpha value is -2.79. The van der Waals surface area contributed by atoms with Gasteiger partial charge in [-0.05, 0) is 44.0 Å². The second-order valence-corrected chi connectivity index (χ2v) is 7.35. The smallest absolute Gasteiger partial charge is 0.261 e. The molecule has 0 fully saturated rings. The summed E-state index contributed by atoms with van der Waals surface area (Å²) >= 11 is 6.31. The quantitative estimate of drug-likeness (QED) is 0.718. The number of anilines is 1. The molecule has 0 bridgehead atoms. The number of pyridine rings is 1. The SMILES string of the molecule is Cc1cccc(C)c1NC(=O)c1cn2c3c(ccc(Cl)c3c1=O)O[C@H](C)C2. The molecule has 0 aliphatic carbocycles. The van der Waals surface area contributed by atoms with Gasteiger partial charge in [-0.2, -0.15) is 0 Å². The van der Waals surface area contributed by atoms with Crippen molar-refractivity contribution in [3.8, 4) is 5.75 Å². The van der Waals surface area contributed by atoms with Gasteiger partial charge in [0.05, 0.1) is 22.5 Å². The van der Waals surface area contributed by atoms with E-state index in [1.807, 2.05) is 43.5 Å². The van der Waals surface area contributed by atoms with Crippen molar-refractivity contribution >= 4 is 34.1 Å². The van der Waals surface area contributed by atoms with E-state index < -0.39 is 11.3 Å². The van der Waals surface area contributed by atoms with Gasteiger partial charge in [0, 0.05) is 11.9 Å². The van der Waals surface area contributed by atoms with Crippen LogP contribution in [0.5, 0.6) is 5.75 Å². The van der Waals surface area contributed by atoms with Gasteiger partial charge >= 0.3 is 0 Å². The van der Waals surface area contributed by atoms with Crippen LogP contribution in [0.15, 0.2) is 41.3 Å². The molecule has 1 amide bonds. The summed E-state index contributed by atoms with van der Waals surface area (Å²) in [5.41, 5.74) is 2.90. The van der Waals surface area contributed by atoms with E-state index in [1.54, 1.807) is 18.3 Å². The predicted molar refractivity (Wildman–Crippen MR) is 107 cm³/mol. The Balaban J connectivity index is 1.88. The van der Waals surface area contributed by atoms with Crippen LogP contribution >= 0.6 is 11.6 Å². The summed E-state index contributed by atoms with van der Waals surface area (Å²) in [6.07, 6.45) is 1.53. The molecule has 0 saturated carbocycles. The zero-order valence-corrected chi connectivity index (χ0v) is 16.1. The number of nitrogens with zero attached hydrogens (tertiary/aromatic N) is 1. The maximum absolute atomic E-state index is 13.1. The van der Waals surface area contributed by atoms with Crippen molar-refractivity contribution in [3.63, 3.8) is 0 Å². The fourth-order valence-electron chi connectivity index (χ4n) is 3.59. The first kappa shape index (κ1) is 17.6. The number of aromatic nitrogens is 1. The minimum Gasteiger partial charge on any atom is -0.487 e. The molecular weight excluding hydrogens is 364 g/mol. The molecule has 5 nitrogen and oxygen atoms in total. The molecule has 4 rings (SSSR count). The molecule has 138 valence electrons. The van der Waals surface area contributed by atoms with Crippen LogP contribution in [0.25, 0.3) is 10.9 Å². The van der Waals surface area contributed by atoms with Gasteiger partial charge < -0.3 is 14.6 Å². The molecular formula is C21H19ClN2O3. The molecule has 1 aliphatic heterocycles. The van der Waals surface area contributed by atoms with Crippen LogP contribution < -0.4 is 15.5 Å². The summed E-state index contributed by atoms with van der Waals surface area (Å²) in [7, 11) is 0. The number of para-hydroxylation sites is 1. The van der Waals surface area contributed by atoms with Crippen LogP contribution in [-0.4, -0.2) is 16.6 Å². The standard InChI is InChI=1S/C21H19ClN2O3/c1-11-5-4-6-12(2)18(11)23-21(26)14-10-24-9-13(3)27-16-8-7-15(22)17(19(16)24)20(14)25/h4-8,10,13H,9H2,1-3H3,(H,23,26)/t13-/m1/s1. The Bertz CT molecular complexity index is 1130. The summed E-state index contributed by atoms with van der Waals surface area (Å²) < 4.78 is 7.70. The minimum absolute atomic E-state index is 0.0679. The maximum Gasteiger partial charge on any atom is 0.261 e. The number of carbonyl (C=O) groups is 1. The van der Waals surface area contributed by atoms with E-state index in [9.17, 15) is 9.59 Å². The molecule has 27 heavy (non-hydrogen) atoms. The molecule has 1 N–H and O–H groups in total. The Morgan fingerprint density at radius 3 is 2.63 bits per heavy atom. The summed E-state index contributed by atoms with van der Waals surface area (Å²) in [6.45, 7) is 6.31. The first-order valence-corrected chi connectivity index (χ1v) is 9.14. The first-order valence-electron chi connectivity index (χ1n) is 8.76. The maximum atomic E-state index is 13.1. The zero-order chi connectivity index (χ0) is 19.3. The normalized spacial score (nSPS) is 15.5. The summed E-state index contributed by atoms with van der Waals surface area (Å²) in [6, 6.07) is 9.16. The van der Waals surface area contributed by atoms with Crippen molar-refractivity contribution in [3.05, 3.63) is 68.5 Å².